The highest BCUT2D eigenvalue weighted by Crippen LogP contribution is 2.19. The summed E-state index contributed by atoms with van der Waals surface area (Å²) in [5, 5.41) is 9.33. The molecule has 38 heavy (non-hydrogen) atoms. The third-order valence-electron chi connectivity index (χ3n) is 6.22. The third-order valence-corrected chi connectivity index (χ3v) is 6.22. The molecule has 9 nitrogen and oxygen atoms in total. The molecule has 3 atom stereocenters. The van der Waals surface area contributed by atoms with E-state index in [0.29, 0.717) is 19.3 Å². The van der Waals surface area contributed by atoms with E-state index < -0.39 is 36.7 Å². The molecule has 0 aliphatic carbocycles. The largest absolute Gasteiger partial charge is 0.463 e. The number of aliphatic hydroxyl groups is 1. The van der Waals surface area contributed by atoms with Crippen LogP contribution >= 0.6 is 0 Å². The maximum atomic E-state index is 12.3. The summed E-state index contributed by atoms with van der Waals surface area (Å²) < 4.78 is 20.7. The van der Waals surface area contributed by atoms with Crippen LogP contribution in [0.1, 0.15) is 130 Å². The smallest absolute Gasteiger partial charge is 0.310 e. The Morgan fingerprint density at radius 3 is 1.55 bits per heavy atom. The van der Waals surface area contributed by atoms with Crippen molar-refractivity contribution in [3.63, 3.8) is 0 Å². The number of carbonyl (C=O) groups excluding carboxylic acids is 4. The Hall–Kier alpha value is -2.16. The minimum atomic E-state index is -0.983. The van der Waals surface area contributed by atoms with E-state index in [1.807, 2.05) is 0 Å². The van der Waals surface area contributed by atoms with E-state index in [4.69, 9.17) is 18.9 Å². The Morgan fingerprint density at radius 1 is 0.579 bits per heavy atom. The Bertz CT molecular complexity index is 650. The highest BCUT2D eigenvalue weighted by atomic mass is 16.6. The molecule has 0 heterocycles. The fourth-order valence-electron chi connectivity index (χ4n) is 4.30. The van der Waals surface area contributed by atoms with E-state index in [0.717, 1.165) is 19.3 Å². The molecule has 0 fully saturated rings. The molecule has 0 unspecified atom stereocenters. The molecular weight excluding hydrogens is 492 g/mol. The number of esters is 4. The van der Waals surface area contributed by atoms with Crippen LogP contribution in [0.25, 0.3) is 0 Å². The summed E-state index contributed by atoms with van der Waals surface area (Å²) >= 11 is 0. The second-order valence-corrected chi connectivity index (χ2v) is 10.0. The zero-order chi connectivity index (χ0) is 28.6. The van der Waals surface area contributed by atoms with Crippen molar-refractivity contribution in [3.8, 4) is 0 Å². The first-order valence-corrected chi connectivity index (χ1v) is 14.5. The molecular formula is C29H52O9. The molecule has 0 aliphatic rings. The molecule has 0 aromatic heterocycles. The van der Waals surface area contributed by atoms with E-state index in [-0.39, 0.29) is 25.1 Å². The summed E-state index contributed by atoms with van der Waals surface area (Å²) in [5.41, 5.74) is 0. The van der Waals surface area contributed by atoms with Crippen LogP contribution in [0.15, 0.2) is 0 Å². The minimum absolute atomic E-state index is 0.188. The predicted molar refractivity (Wildman–Crippen MR) is 144 cm³/mol. The topological polar surface area (TPSA) is 125 Å². The van der Waals surface area contributed by atoms with Crippen molar-refractivity contribution in [1.82, 2.24) is 0 Å². The highest BCUT2D eigenvalue weighted by molar-refractivity contribution is 5.71. The Labute approximate surface area is 229 Å². The van der Waals surface area contributed by atoms with Crippen molar-refractivity contribution in [3.05, 3.63) is 0 Å². The predicted octanol–water partition coefficient (Wildman–Crippen LogP) is 5.58. The van der Waals surface area contributed by atoms with Crippen molar-refractivity contribution < 1.29 is 43.2 Å². The lowest BCUT2D eigenvalue weighted by Crippen LogP contribution is -2.30. The van der Waals surface area contributed by atoms with Gasteiger partial charge in [0, 0.05) is 20.8 Å². The van der Waals surface area contributed by atoms with Gasteiger partial charge in [-0.25, -0.2) is 0 Å². The lowest BCUT2D eigenvalue weighted by molar-refractivity contribution is -0.164. The molecule has 0 aromatic rings. The molecule has 0 aliphatic heterocycles. The summed E-state index contributed by atoms with van der Waals surface area (Å²) in [4.78, 5) is 46.3. The summed E-state index contributed by atoms with van der Waals surface area (Å²) in [6.45, 7) is 5.37. The van der Waals surface area contributed by atoms with Crippen molar-refractivity contribution in [2.75, 3.05) is 13.2 Å². The van der Waals surface area contributed by atoms with Crippen LogP contribution in [-0.4, -0.2) is 60.5 Å². The molecule has 0 amide bonds. The lowest BCUT2D eigenvalue weighted by Gasteiger charge is -2.21. The minimum Gasteiger partial charge on any atom is -0.463 e. The molecule has 222 valence electrons. The van der Waals surface area contributed by atoms with Gasteiger partial charge in [0.15, 0.2) is 6.10 Å². The zero-order valence-electron chi connectivity index (χ0n) is 24.2. The van der Waals surface area contributed by atoms with Crippen molar-refractivity contribution in [1.29, 1.82) is 0 Å². The summed E-state index contributed by atoms with van der Waals surface area (Å²) in [6, 6.07) is 0. The maximum absolute atomic E-state index is 12.3. The highest BCUT2D eigenvalue weighted by Gasteiger charge is 2.22. The fourth-order valence-corrected chi connectivity index (χ4v) is 4.30. The fraction of sp³-hybridized carbons (Fsp3) is 0.862. The lowest BCUT2D eigenvalue weighted by atomic mass is 10.0. The third kappa shape index (κ3) is 23.0. The maximum Gasteiger partial charge on any atom is 0.310 e. The van der Waals surface area contributed by atoms with Crippen LogP contribution in [-0.2, 0) is 38.1 Å². The van der Waals surface area contributed by atoms with Gasteiger partial charge in [-0.15, -0.1) is 0 Å². The number of hydrogen-bond acceptors (Lipinski definition) is 9. The second kappa shape index (κ2) is 23.9. The first-order valence-electron chi connectivity index (χ1n) is 14.5. The van der Waals surface area contributed by atoms with E-state index in [1.165, 1.54) is 78.6 Å². The Morgan fingerprint density at radius 2 is 1.05 bits per heavy atom. The number of unbranched alkanes of at least 4 members (excludes halogenated alkanes) is 10. The van der Waals surface area contributed by atoms with Crippen molar-refractivity contribution in [2.45, 2.75) is 149 Å². The van der Waals surface area contributed by atoms with Gasteiger partial charge in [-0.3, -0.25) is 19.2 Å². The number of rotatable bonds is 24. The van der Waals surface area contributed by atoms with E-state index in [9.17, 15) is 24.3 Å². The van der Waals surface area contributed by atoms with Crippen LogP contribution in [0.3, 0.4) is 0 Å². The van der Waals surface area contributed by atoms with Crippen molar-refractivity contribution >= 4 is 23.9 Å². The van der Waals surface area contributed by atoms with Gasteiger partial charge in [0.05, 0.1) is 13.0 Å². The van der Waals surface area contributed by atoms with Gasteiger partial charge in [-0.05, 0) is 32.1 Å². The quantitative estimate of drug-likeness (QED) is 0.0941. The second-order valence-electron chi connectivity index (χ2n) is 10.0. The average Bonchev–Trinajstić information content (AvgIpc) is 2.83. The molecule has 0 rings (SSSR count). The van der Waals surface area contributed by atoms with Crippen LogP contribution in [0.2, 0.25) is 0 Å². The number of carbonyl (C=O) groups is 4. The molecule has 9 heteroatoms. The standard InChI is InChI=1S/C29H52O9/c1-5-6-7-8-9-10-11-12-13-14-15-17-26(36-24(3)32)18-16-19-27(37-25(4)33)20-29(34)38-28(21-30)22-35-23(2)31/h26-28,30H,5-22H2,1-4H3/t26-,27-,28+/m1/s1. The normalized spacial score (nSPS) is 13.3. The molecule has 0 radical (unpaired) electrons. The van der Waals surface area contributed by atoms with Crippen LogP contribution < -0.4 is 0 Å². The van der Waals surface area contributed by atoms with Gasteiger partial charge in [0.25, 0.3) is 0 Å². The van der Waals surface area contributed by atoms with Gasteiger partial charge >= 0.3 is 23.9 Å². The molecule has 0 bridgehead atoms. The Balaban J connectivity index is 4.40. The zero-order valence-corrected chi connectivity index (χ0v) is 24.2. The molecule has 0 aromatic carbocycles. The molecule has 0 spiro atoms. The monoisotopic (exact) mass is 544 g/mol. The molecule has 0 saturated carbocycles. The average molecular weight is 545 g/mol. The van der Waals surface area contributed by atoms with Gasteiger partial charge in [0.1, 0.15) is 18.8 Å². The summed E-state index contributed by atoms with van der Waals surface area (Å²) in [7, 11) is 0. The van der Waals surface area contributed by atoms with Crippen LogP contribution in [0.4, 0.5) is 0 Å². The van der Waals surface area contributed by atoms with Crippen LogP contribution in [0.5, 0.6) is 0 Å². The summed E-state index contributed by atoms with van der Waals surface area (Å²) in [5.74, 6) is -2.05. The van der Waals surface area contributed by atoms with Crippen LogP contribution in [0, 0.1) is 0 Å². The van der Waals surface area contributed by atoms with Gasteiger partial charge in [0.2, 0.25) is 0 Å². The first kappa shape index (κ1) is 35.8. The van der Waals surface area contributed by atoms with Gasteiger partial charge in [-0.1, -0.05) is 71.1 Å². The number of hydrogen-bond donors (Lipinski definition) is 1. The first-order chi connectivity index (χ1) is 18.2. The van der Waals surface area contributed by atoms with E-state index in [1.54, 1.807) is 0 Å². The number of ether oxygens (including phenoxy) is 4. The summed E-state index contributed by atoms with van der Waals surface area (Å²) in [6.07, 6.45) is 14.1. The molecule has 0 saturated heterocycles. The van der Waals surface area contributed by atoms with Crippen molar-refractivity contribution in [2.24, 2.45) is 0 Å². The van der Waals surface area contributed by atoms with E-state index in [2.05, 4.69) is 6.92 Å². The molecule has 1 N–H and O–H groups in total. The van der Waals surface area contributed by atoms with Gasteiger partial charge < -0.3 is 24.1 Å². The van der Waals surface area contributed by atoms with Gasteiger partial charge in [-0.2, -0.15) is 0 Å². The SMILES string of the molecule is CCCCCCCCCCCCC[C@H](CCC[C@H](CC(=O)O[C@@H](CO)COC(C)=O)OC(C)=O)OC(C)=O. The van der Waals surface area contributed by atoms with E-state index >= 15 is 0 Å². The number of aliphatic hydroxyl groups excluding tert-OH is 1. The Kier molecular flexibility index (Phi) is 22.6.